The number of ketones is 2. The first-order chi connectivity index (χ1) is 12.0. The summed E-state index contributed by atoms with van der Waals surface area (Å²) in [5.74, 6) is -1.28. The lowest BCUT2D eigenvalue weighted by Crippen LogP contribution is -2.20. The summed E-state index contributed by atoms with van der Waals surface area (Å²) in [5.41, 5.74) is 2.92. The Balaban J connectivity index is 1.93. The van der Waals surface area contributed by atoms with E-state index in [1.807, 2.05) is 18.2 Å². The van der Waals surface area contributed by atoms with E-state index in [0.717, 1.165) is 11.2 Å². The van der Waals surface area contributed by atoms with Gasteiger partial charge in [0.15, 0.2) is 0 Å². The Morgan fingerprint density at radius 2 is 1.80 bits per heavy atom. The maximum absolute atomic E-state index is 11.5. The molecule has 0 aliphatic heterocycles. The van der Waals surface area contributed by atoms with Crippen LogP contribution in [0.2, 0.25) is 5.02 Å². The lowest BCUT2D eigenvalue weighted by Gasteiger charge is -2.03. The second-order valence-corrected chi connectivity index (χ2v) is 6.06. The van der Waals surface area contributed by atoms with Gasteiger partial charge in [-0.3, -0.25) is 14.6 Å². The lowest BCUT2D eigenvalue weighted by atomic mass is 10.0. The molecule has 0 N–H and O–H groups in total. The van der Waals surface area contributed by atoms with E-state index in [-0.39, 0.29) is 11.6 Å². The molecule has 7 heteroatoms. The molecule has 0 radical (unpaired) electrons. The quantitative estimate of drug-likeness (QED) is 0.518. The summed E-state index contributed by atoms with van der Waals surface area (Å²) in [7, 11) is 0. The predicted molar refractivity (Wildman–Crippen MR) is 96.9 cm³/mol. The van der Waals surface area contributed by atoms with E-state index < -0.39 is 5.92 Å². The van der Waals surface area contributed by atoms with Crippen molar-refractivity contribution in [2.24, 2.45) is 10.9 Å². The molecule has 0 aliphatic rings. The number of carbonyl (C=O) groups is 2. The highest BCUT2D eigenvalue weighted by Gasteiger charge is 2.16. The number of benzene rings is 2. The highest BCUT2D eigenvalue weighted by molar-refractivity contribution is 6.30. The Kier molecular flexibility index (Phi) is 4.72. The molecule has 0 atom stereocenters. The van der Waals surface area contributed by atoms with Gasteiger partial charge >= 0.3 is 0 Å². The largest absolute Gasteiger partial charge is 0.299 e. The fraction of sp³-hybridized carbons (Fsp3) is 0.167. The van der Waals surface area contributed by atoms with Crippen LogP contribution in [0, 0.1) is 5.92 Å². The molecule has 0 amide bonds. The average molecular weight is 355 g/mol. The zero-order chi connectivity index (χ0) is 18.0. The number of Topliss-reactive ketones (excluding diaryl/α,β-unsaturated/α-hetero) is 2. The van der Waals surface area contributed by atoms with Gasteiger partial charge in [-0.1, -0.05) is 16.8 Å². The van der Waals surface area contributed by atoms with Gasteiger partial charge in [0.25, 0.3) is 0 Å². The van der Waals surface area contributed by atoms with Gasteiger partial charge in [-0.15, -0.1) is 5.10 Å². The Labute approximate surface area is 149 Å². The van der Waals surface area contributed by atoms with Gasteiger partial charge in [-0.2, -0.15) is 0 Å². The van der Waals surface area contributed by atoms with E-state index in [1.165, 1.54) is 20.1 Å². The minimum Gasteiger partial charge on any atom is -0.299 e. The van der Waals surface area contributed by atoms with Crippen molar-refractivity contribution in [2.75, 3.05) is 0 Å². The summed E-state index contributed by atoms with van der Waals surface area (Å²) in [6.07, 6.45) is 1.37. The molecule has 0 spiro atoms. The molecule has 0 bridgehead atoms. The number of hydrogen-bond donors (Lipinski definition) is 0. The number of carbonyl (C=O) groups excluding carboxylic acids is 2. The minimum absolute atomic E-state index is 0.231. The third-order valence-electron chi connectivity index (χ3n) is 3.75. The first-order valence-electron chi connectivity index (χ1n) is 7.62. The topological polar surface area (TPSA) is 77.2 Å². The molecule has 3 aromatic rings. The number of aromatic nitrogens is 3. The van der Waals surface area contributed by atoms with Gasteiger partial charge in [-0.05, 0) is 56.3 Å². The molecule has 1 aromatic heterocycles. The SMILES string of the molecule is CC(=O)C(C=Nc1ccc2c(c1)nnn2-c1ccc(Cl)cc1)C(C)=O. The molecule has 1 heterocycles. The Hall–Kier alpha value is -2.86. The second kappa shape index (κ2) is 6.94. The van der Waals surface area contributed by atoms with E-state index >= 15 is 0 Å². The number of nitrogens with zero attached hydrogens (tertiary/aromatic N) is 4. The first-order valence-corrected chi connectivity index (χ1v) is 8.00. The standard InChI is InChI=1S/C18H15ClN4O2/c1-11(24)16(12(2)25)10-20-14-5-8-18-17(9-14)21-22-23(18)15-6-3-13(19)4-7-15/h3-10,16H,1-2H3. The Morgan fingerprint density at radius 1 is 1.12 bits per heavy atom. The van der Waals surface area contributed by atoms with Crippen LogP contribution < -0.4 is 0 Å². The van der Waals surface area contributed by atoms with Crippen molar-refractivity contribution in [3.8, 4) is 5.69 Å². The van der Waals surface area contributed by atoms with E-state index in [0.29, 0.717) is 16.2 Å². The average Bonchev–Trinajstić information content (AvgIpc) is 2.98. The zero-order valence-electron chi connectivity index (χ0n) is 13.7. The van der Waals surface area contributed by atoms with Crippen molar-refractivity contribution in [3.63, 3.8) is 0 Å². The number of halogens is 1. The summed E-state index contributed by atoms with van der Waals surface area (Å²) in [6, 6.07) is 12.7. The molecule has 0 saturated carbocycles. The molecule has 0 unspecified atom stereocenters. The van der Waals surface area contributed by atoms with Gasteiger partial charge in [0.2, 0.25) is 0 Å². The Bertz CT molecular complexity index is 962. The minimum atomic E-state index is -0.819. The third kappa shape index (κ3) is 3.64. The smallest absolute Gasteiger partial charge is 0.145 e. The maximum Gasteiger partial charge on any atom is 0.145 e. The summed E-state index contributed by atoms with van der Waals surface area (Å²) in [4.78, 5) is 27.1. The zero-order valence-corrected chi connectivity index (χ0v) is 14.4. The van der Waals surface area contributed by atoms with Crippen molar-refractivity contribution < 1.29 is 9.59 Å². The Morgan fingerprint density at radius 3 is 2.44 bits per heavy atom. The summed E-state index contributed by atoms with van der Waals surface area (Å²) in [6.45, 7) is 2.75. The van der Waals surface area contributed by atoms with Crippen LogP contribution in [-0.2, 0) is 9.59 Å². The van der Waals surface area contributed by atoms with Crippen LogP contribution in [0.15, 0.2) is 47.5 Å². The highest BCUT2D eigenvalue weighted by atomic mass is 35.5. The third-order valence-corrected chi connectivity index (χ3v) is 4.00. The number of hydrogen-bond acceptors (Lipinski definition) is 5. The molecule has 6 nitrogen and oxygen atoms in total. The van der Waals surface area contributed by atoms with Crippen LogP contribution in [0.5, 0.6) is 0 Å². The fourth-order valence-corrected chi connectivity index (χ4v) is 2.55. The van der Waals surface area contributed by atoms with E-state index in [2.05, 4.69) is 15.3 Å². The number of rotatable bonds is 5. The number of fused-ring (bicyclic) bond motifs is 1. The molecular weight excluding hydrogens is 340 g/mol. The maximum atomic E-state index is 11.5. The second-order valence-electron chi connectivity index (χ2n) is 5.63. The molecule has 0 saturated heterocycles. The van der Waals surface area contributed by atoms with Crippen molar-refractivity contribution >= 4 is 46.1 Å². The van der Waals surface area contributed by atoms with Crippen LogP contribution >= 0.6 is 11.6 Å². The normalized spacial score (nSPS) is 11.5. The van der Waals surface area contributed by atoms with Crippen molar-refractivity contribution in [1.29, 1.82) is 0 Å². The van der Waals surface area contributed by atoms with Gasteiger partial charge in [0.1, 0.15) is 23.0 Å². The number of aliphatic imine (C=N–C) groups is 1. The first kappa shape index (κ1) is 17.0. The van der Waals surface area contributed by atoms with Crippen molar-refractivity contribution in [3.05, 3.63) is 47.5 Å². The molecule has 2 aromatic carbocycles. The van der Waals surface area contributed by atoms with Crippen LogP contribution in [-0.4, -0.2) is 32.8 Å². The van der Waals surface area contributed by atoms with Gasteiger partial charge in [0.05, 0.1) is 16.9 Å². The fourth-order valence-electron chi connectivity index (χ4n) is 2.42. The van der Waals surface area contributed by atoms with Gasteiger partial charge < -0.3 is 0 Å². The molecule has 0 aliphatic carbocycles. The van der Waals surface area contributed by atoms with E-state index in [1.54, 1.807) is 28.9 Å². The van der Waals surface area contributed by atoms with E-state index in [9.17, 15) is 9.59 Å². The van der Waals surface area contributed by atoms with Crippen LogP contribution in [0.3, 0.4) is 0 Å². The lowest BCUT2D eigenvalue weighted by molar-refractivity contribution is -0.127. The molecule has 3 rings (SSSR count). The molecule has 25 heavy (non-hydrogen) atoms. The highest BCUT2D eigenvalue weighted by Crippen LogP contribution is 2.22. The predicted octanol–water partition coefficient (Wildman–Crippen LogP) is 3.57. The summed E-state index contributed by atoms with van der Waals surface area (Å²) >= 11 is 5.91. The molecule has 0 fully saturated rings. The molecular formula is C18H15ClN4O2. The monoisotopic (exact) mass is 354 g/mol. The van der Waals surface area contributed by atoms with Crippen molar-refractivity contribution in [1.82, 2.24) is 15.0 Å². The molecule has 126 valence electrons. The van der Waals surface area contributed by atoms with Crippen LogP contribution in [0.1, 0.15) is 13.8 Å². The van der Waals surface area contributed by atoms with Gasteiger partial charge in [0, 0.05) is 11.2 Å². The summed E-state index contributed by atoms with van der Waals surface area (Å²) < 4.78 is 1.70. The van der Waals surface area contributed by atoms with Crippen molar-refractivity contribution in [2.45, 2.75) is 13.8 Å². The van der Waals surface area contributed by atoms with Crippen LogP contribution in [0.4, 0.5) is 5.69 Å². The van der Waals surface area contributed by atoms with Crippen LogP contribution in [0.25, 0.3) is 16.7 Å². The van der Waals surface area contributed by atoms with E-state index in [4.69, 9.17) is 11.6 Å². The summed E-state index contributed by atoms with van der Waals surface area (Å²) in [5, 5.41) is 8.95. The van der Waals surface area contributed by atoms with Gasteiger partial charge in [-0.25, -0.2) is 4.68 Å².